The van der Waals surface area contributed by atoms with Crippen molar-refractivity contribution in [3.8, 4) is 6.07 Å². The van der Waals surface area contributed by atoms with E-state index in [-0.39, 0.29) is 0 Å². The lowest BCUT2D eigenvalue weighted by Gasteiger charge is -2.33. The van der Waals surface area contributed by atoms with E-state index in [0.29, 0.717) is 17.4 Å². The normalized spacial score (nSPS) is 25.1. The highest BCUT2D eigenvalue weighted by molar-refractivity contribution is 7.10. The molecule has 0 unspecified atom stereocenters. The number of anilines is 2. The van der Waals surface area contributed by atoms with Gasteiger partial charge in [0.05, 0.1) is 0 Å². The van der Waals surface area contributed by atoms with Gasteiger partial charge in [-0.1, -0.05) is 6.92 Å². The van der Waals surface area contributed by atoms with Gasteiger partial charge in [0.1, 0.15) is 16.6 Å². The molecule has 2 rings (SSSR count). The van der Waals surface area contributed by atoms with Crippen LogP contribution in [0.5, 0.6) is 0 Å². The predicted octanol–water partition coefficient (Wildman–Crippen LogP) is 1.81. The van der Waals surface area contributed by atoms with E-state index >= 15 is 0 Å². The molecule has 1 fully saturated rings. The Morgan fingerprint density at radius 3 is 2.93 bits per heavy atom. The van der Waals surface area contributed by atoms with Crippen LogP contribution in [0.4, 0.5) is 10.8 Å². The summed E-state index contributed by atoms with van der Waals surface area (Å²) in [4.78, 5) is 0. The maximum atomic E-state index is 8.84. The van der Waals surface area contributed by atoms with Gasteiger partial charge in [-0.05, 0) is 30.3 Å². The molecule has 74 valence electrons. The minimum Gasteiger partial charge on any atom is -0.382 e. The fourth-order valence-corrected chi connectivity index (χ4v) is 2.46. The summed E-state index contributed by atoms with van der Waals surface area (Å²) in [7, 11) is 0. The SMILES string of the molecule is CC1CC(Nc2snc(N)c2C#N)C1. The van der Waals surface area contributed by atoms with Crippen molar-refractivity contribution in [2.24, 2.45) is 5.92 Å². The van der Waals surface area contributed by atoms with Crippen LogP contribution in [0.15, 0.2) is 0 Å². The summed E-state index contributed by atoms with van der Waals surface area (Å²) in [6, 6.07) is 2.57. The number of nitrogens with zero attached hydrogens (tertiary/aromatic N) is 2. The van der Waals surface area contributed by atoms with Crippen molar-refractivity contribution >= 4 is 22.4 Å². The number of hydrogen-bond acceptors (Lipinski definition) is 5. The number of nitrogen functional groups attached to an aromatic ring is 1. The molecule has 1 aliphatic rings. The van der Waals surface area contributed by atoms with E-state index in [1.807, 2.05) is 0 Å². The summed E-state index contributed by atoms with van der Waals surface area (Å²) in [6.45, 7) is 2.23. The monoisotopic (exact) mass is 208 g/mol. The number of hydrogen-bond donors (Lipinski definition) is 2. The average molecular weight is 208 g/mol. The zero-order chi connectivity index (χ0) is 10.1. The van der Waals surface area contributed by atoms with E-state index in [2.05, 4.69) is 22.7 Å². The zero-order valence-corrected chi connectivity index (χ0v) is 8.77. The summed E-state index contributed by atoms with van der Waals surface area (Å²) < 4.78 is 3.95. The minimum absolute atomic E-state index is 0.340. The van der Waals surface area contributed by atoms with Gasteiger partial charge in [0.25, 0.3) is 0 Å². The summed E-state index contributed by atoms with van der Waals surface area (Å²) >= 11 is 1.27. The number of nitrogens with two attached hydrogens (primary N) is 1. The van der Waals surface area contributed by atoms with E-state index < -0.39 is 0 Å². The predicted molar refractivity (Wildman–Crippen MR) is 57.1 cm³/mol. The number of nitrogens with one attached hydrogen (secondary N) is 1. The van der Waals surface area contributed by atoms with Crippen LogP contribution in [0.3, 0.4) is 0 Å². The van der Waals surface area contributed by atoms with Crippen LogP contribution >= 0.6 is 11.5 Å². The summed E-state index contributed by atoms with van der Waals surface area (Å²) in [6.07, 6.45) is 2.34. The van der Waals surface area contributed by atoms with Crippen LogP contribution in [0.25, 0.3) is 0 Å². The Morgan fingerprint density at radius 1 is 1.64 bits per heavy atom. The fraction of sp³-hybridized carbons (Fsp3) is 0.556. The van der Waals surface area contributed by atoms with Crippen LogP contribution in [0, 0.1) is 17.2 Å². The second kappa shape index (κ2) is 3.46. The lowest BCUT2D eigenvalue weighted by molar-refractivity contribution is 0.309. The maximum Gasteiger partial charge on any atom is 0.157 e. The fourth-order valence-electron chi connectivity index (χ4n) is 1.71. The van der Waals surface area contributed by atoms with E-state index in [1.54, 1.807) is 0 Å². The van der Waals surface area contributed by atoms with Crippen LogP contribution < -0.4 is 11.1 Å². The Kier molecular flexibility index (Phi) is 2.30. The average Bonchev–Trinajstić information content (AvgIpc) is 2.44. The van der Waals surface area contributed by atoms with Crippen LogP contribution in [-0.2, 0) is 0 Å². The van der Waals surface area contributed by atoms with Crippen molar-refractivity contribution in [2.75, 3.05) is 11.1 Å². The topological polar surface area (TPSA) is 74.7 Å². The third kappa shape index (κ3) is 1.53. The Morgan fingerprint density at radius 2 is 2.36 bits per heavy atom. The summed E-state index contributed by atoms with van der Waals surface area (Å²) in [5.41, 5.74) is 6.05. The molecule has 0 aromatic carbocycles. The molecule has 0 saturated heterocycles. The molecule has 1 aliphatic carbocycles. The molecule has 14 heavy (non-hydrogen) atoms. The lowest BCUT2D eigenvalue weighted by Crippen LogP contribution is -2.33. The van der Waals surface area contributed by atoms with Crippen molar-refractivity contribution in [3.05, 3.63) is 5.56 Å². The van der Waals surface area contributed by atoms with Gasteiger partial charge in [0.2, 0.25) is 0 Å². The standard InChI is InChI=1S/C9H12N4S/c1-5-2-6(3-5)12-9-7(4-10)8(11)13-14-9/h5-6,12H,2-3H2,1H3,(H2,11,13). The Labute approximate surface area is 86.9 Å². The summed E-state index contributed by atoms with van der Waals surface area (Å²) in [5.74, 6) is 1.13. The second-order valence-corrected chi connectivity index (χ2v) is 4.57. The molecule has 3 N–H and O–H groups in total. The minimum atomic E-state index is 0.340. The van der Waals surface area contributed by atoms with Crippen molar-refractivity contribution in [1.82, 2.24) is 4.37 Å². The Balaban J connectivity index is 2.06. The molecular formula is C9H12N4S. The third-order valence-electron chi connectivity index (χ3n) is 2.54. The number of aromatic nitrogens is 1. The van der Waals surface area contributed by atoms with E-state index in [1.165, 1.54) is 24.4 Å². The largest absolute Gasteiger partial charge is 0.382 e. The molecule has 0 spiro atoms. The van der Waals surface area contributed by atoms with E-state index in [9.17, 15) is 0 Å². The van der Waals surface area contributed by atoms with E-state index in [0.717, 1.165) is 10.9 Å². The smallest absolute Gasteiger partial charge is 0.157 e. The molecule has 0 atom stereocenters. The van der Waals surface area contributed by atoms with Crippen LogP contribution in [0.1, 0.15) is 25.3 Å². The van der Waals surface area contributed by atoms with Crippen molar-refractivity contribution < 1.29 is 0 Å². The highest BCUT2D eigenvalue weighted by atomic mass is 32.1. The molecule has 0 bridgehead atoms. The first-order chi connectivity index (χ1) is 6.70. The molecule has 0 aliphatic heterocycles. The molecule has 1 heterocycles. The molecule has 0 radical (unpaired) electrons. The van der Waals surface area contributed by atoms with E-state index in [4.69, 9.17) is 11.0 Å². The molecule has 1 saturated carbocycles. The van der Waals surface area contributed by atoms with Gasteiger partial charge in [0.15, 0.2) is 5.82 Å². The highest BCUT2D eigenvalue weighted by Gasteiger charge is 2.26. The Bertz CT molecular complexity index is 373. The molecule has 5 heteroatoms. The van der Waals surface area contributed by atoms with Gasteiger partial charge in [-0.25, -0.2) is 0 Å². The molecule has 4 nitrogen and oxygen atoms in total. The maximum absolute atomic E-state index is 8.84. The first-order valence-electron chi connectivity index (χ1n) is 4.62. The van der Waals surface area contributed by atoms with Gasteiger partial charge < -0.3 is 11.1 Å². The van der Waals surface area contributed by atoms with Gasteiger partial charge in [-0.3, -0.25) is 0 Å². The first-order valence-corrected chi connectivity index (χ1v) is 5.40. The van der Waals surface area contributed by atoms with Crippen LogP contribution in [-0.4, -0.2) is 10.4 Å². The summed E-state index contributed by atoms with van der Waals surface area (Å²) in [5, 5.41) is 13.0. The Hall–Kier alpha value is -1.28. The number of rotatable bonds is 2. The zero-order valence-electron chi connectivity index (χ0n) is 7.95. The first kappa shape index (κ1) is 9.28. The van der Waals surface area contributed by atoms with Gasteiger partial charge >= 0.3 is 0 Å². The highest BCUT2D eigenvalue weighted by Crippen LogP contribution is 2.33. The third-order valence-corrected chi connectivity index (χ3v) is 3.33. The van der Waals surface area contributed by atoms with Crippen LogP contribution in [0.2, 0.25) is 0 Å². The molecular weight excluding hydrogens is 196 g/mol. The van der Waals surface area contributed by atoms with Crippen molar-refractivity contribution in [3.63, 3.8) is 0 Å². The van der Waals surface area contributed by atoms with Gasteiger partial charge in [-0.15, -0.1) is 0 Å². The molecule has 1 aromatic rings. The second-order valence-electron chi connectivity index (χ2n) is 3.80. The lowest BCUT2D eigenvalue weighted by atomic mass is 9.82. The molecule has 1 aromatic heterocycles. The van der Waals surface area contributed by atoms with Crippen molar-refractivity contribution in [2.45, 2.75) is 25.8 Å². The number of nitriles is 1. The van der Waals surface area contributed by atoms with Gasteiger partial charge in [0, 0.05) is 6.04 Å². The molecule has 0 amide bonds. The van der Waals surface area contributed by atoms with Gasteiger partial charge in [-0.2, -0.15) is 9.64 Å². The quantitative estimate of drug-likeness (QED) is 0.777. The van der Waals surface area contributed by atoms with Crippen molar-refractivity contribution in [1.29, 1.82) is 5.26 Å².